The fourth-order valence-corrected chi connectivity index (χ4v) is 4.02. The minimum absolute atomic E-state index is 0.500. The lowest BCUT2D eigenvalue weighted by Gasteiger charge is -2.31. The molecular weight excluding hydrogens is 340 g/mol. The molecule has 1 fully saturated rings. The van der Waals surface area contributed by atoms with E-state index in [0.717, 1.165) is 49.6 Å². The molecule has 142 valence electrons. The number of aryl methyl sites for hydroxylation is 1. The van der Waals surface area contributed by atoms with Crippen LogP contribution < -0.4 is 9.47 Å². The zero-order valence-electron chi connectivity index (χ0n) is 16.2. The highest BCUT2D eigenvalue weighted by Gasteiger charge is 2.25. The van der Waals surface area contributed by atoms with Gasteiger partial charge in [0.2, 0.25) is 0 Å². The third kappa shape index (κ3) is 3.49. The molecular formula is C21H26N4O2. The average molecular weight is 366 g/mol. The quantitative estimate of drug-likeness (QED) is 0.693. The van der Waals surface area contributed by atoms with Crippen molar-refractivity contribution < 1.29 is 9.47 Å². The fourth-order valence-electron chi connectivity index (χ4n) is 4.02. The second kappa shape index (κ2) is 7.56. The highest BCUT2D eigenvalue weighted by atomic mass is 16.5. The minimum atomic E-state index is 0.500. The van der Waals surface area contributed by atoms with Gasteiger partial charge in [0, 0.05) is 31.1 Å². The SMILES string of the molecule is COc1ccc(CN2CCC(c3nn(C)c4ncccc34)CC2)cc1OC. The Morgan fingerprint density at radius 1 is 1.07 bits per heavy atom. The lowest BCUT2D eigenvalue weighted by atomic mass is 9.92. The van der Waals surface area contributed by atoms with Crippen LogP contribution in [-0.2, 0) is 13.6 Å². The second-order valence-electron chi connectivity index (χ2n) is 7.12. The third-order valence-electron chi connectivity index (χ3n) is 5.46. The first-order chi connectivity index (χ1) is 13.2. The molecule has 4 rings (SSSR count). The third-order valence-corrected chi connectivity index (χ3v) is 5.46. The largest absolute Gasteiger partial charge is 0.493 e. The topological polar surface area (TPSA) is 52.4 Å². The maximum Gasteiger partial charge on any atom is 0.161 e. The molecule has 6 heteroatoms. The Kier molecular flexibility index (Phi) is 4.99. The van der Waals surface area contributed by atoms with E-state index in [4.69, 9.17) is 14.6 Å². The van der Waals surface area contributed by atoms with Gasteiger partial charge in [0.15, 0.2) is 17.1 Å². The van der Waals surface area contributed by atoms with Crippen LogP contribution >= 0.6 is 0 Å². The number of ether oxygens (including phenoxy) is 2. The summed E-state index contributed by atoms with van der Waals surface area (Å²) in [5.74, 6) is 2.06. The van der Waals surface area contributed by atoms with Gasteiger partial charge in [-0.05, 0) is 55.8 Å². The number of piperidine rings is 1. The molecule has 0 N–H and O–H groups in total. The van der Waals surface area contributed by atoms with Gasteiger partial charge in [-0.25, -0.2) is 4.98 Å². The highest BCUT2D eigenvalue weighted by Crippen LogP contribution is 2.33. The van der Waals surface area contributed by atoms with Gasteiger partial charge in [0.25, 0.3) is 0 Å². The Morgan fingerprint density at radius 2 is 1.85 bits per heavy atom. The van der Waals surface area contributed by atoms with Crippen molar-refractivity contribution >= 4 is 11.0 Å². The van der Waals surface area contributed by atoms with Crippen LogP contribution in [0.1, 0.15) is 30.0 Å². The van der Waals surface area contributed by atoms with Crippen LogP contribution in [0.25, 0.3) is 11.0 Å². The van der Waals surface area contributed by atoms with Crippen LogP contribution in [0.2, 0.25) is 0 Å². The van der Waals surface area contributed by atoms with Crippen molar-refractivity contribution in [3.63, 3.8) is 0 Å². The summed E-state index contributed by atoms with van der Waals surface area (Å²) >= 11 is 0. The van der Waals surface area contributed by atoms with Gasteiger partial charge in [-0.3, -0.25) is 9.58 Å². The summed E-state index contributed by atoms with van der Waals surface area (Å²) in [5, 5.41) is 5.96. The summed E-state index contributed by atoms with van der Waals surface area (Å²) in [4.78, 5) is 6.97. The van der Waals surface area contributed by atoms with Gasteiger partial charge < -0.3 is 9.47 Å². The van der Waals surface area contributed by atoms with E-state index in [1.807, 2.05) is 30.1 Å². The highest BCUT2D eigenvalue weighted by molar-refractivity contribution is 5.78. The van der Waals surface area contributed by atoms with Crippen molar-refractivity contribution in [3.8, 4) is 11.5 Å². The molecule has 3 aromatic rings. The predicted octanol–water partition coefficient (Wildman–Crippen LogP) is 3.37. The number of methoxy groups -OCH3 is 2. The van der Waals surface area contributed by atoms with Gasteiger partial charge in [-0.15, -0.1) is 0 Å². The predicted molar refractivity (Wildman–Crippen MR) is 105 cm³/mol. The normalized spacial score (nSPS) is 16.0. The number of fused-ring (bicyclic) bond motifs is 1. The molecule has 0 unspecified atom stereocenters. The average Bonchev–Trinajstić information content (AvgIpc) is 3.05. The Balaban J connectivity index is 1.43. The number of aromatic nitrogens is 3. The second-order valence-corrected chi connectivity index (χ2v) is 7.12. The molecule has 0 bridgehead atoms. The molecule has 2 aromatic heterocycles. The molecule has 1 aliphatic rings. The number of pyridine rings is 1. The summed E-state index contributed by atoms with van der Waals surface area (Å²) in [6.07, 6.45) is 4.07. The molecule has 0 spiro atoms. The van der Waals surface area contributed by atoms with E-state index in [1.165, 1.54) is 16.6 Å². The first-order valence-corrected chi connectivity index (χ1v) is 9.40. The van der Waals surface area contributed by atoms with E-state index in [-0.39, 0.29) is 0 Å². The van der Waals surface area contributed by atoms with Crippen LogP contribution in [0.3, 0.4) is 0 Å². The fraction of sp³-hybridized carbons (Fsp3) is 0.429. The van der Waals surface area contributed by atoms with Gasteiger partial charge in [0.1, 0.15) is 0 Å². The van der Waals surface area contributed by atoms with Crippen LogP contribution in [0.15, 0.2) is 36.5 Å². The van der Waals surface area contributed by atoms with Crippen molar-refractivity contribution in [3.05, 3.63) is 47.8 Å². The molecule has 6 nitrogen and oxygen atoms in total. The van der Waals surface area contributed by atoms with E-state index in [1.54, 1.807) is 14.2 Å². The number of hydrogen-bond acceptors (Lipinski definition) is 5. The molecule has 0 aliphatic carbocycles. The van der Waals surface area contributed by atoms with E-state index >= 15 is 0 Å². The zero-order valence-corrected chi connectivity index (χ0v) is 16.2. The van der Waals surface area contributed by atoms with E-state index in [0.29, 0.717) is 5.92 Å². The summed E-state index contributed by atoms with van der Waals surface area (Å²) < 4.78 is 12.7. The molecule has 0 amide bonds. The van der Waals surface area contributed by atoms with E-state index < -0.39 is 0 Å². The maximum absolute atomic E-state index is 5.42. The summed E-state index contributed by atoms with van der Waals surface area (Å²) in [5.41, 5.74) is 3.42. The van der Waals surface area contributed by atoms with E-state index in [9.17, 15) is 0 Å². The van der Waals surface area contributed by atoms with Crippen LogP contribution in [-0.4, -0.2) is 47.0 Å². The summed E-state index contributed by atoms with van der Waals surface area (Å²) in [7, 11) is 5.32. The maximum atomic E-state index is 5.42. The van der Waals surface area contributed by atoms with Crippen LogP contribution in [0.5, 0.6) is 11.5 Å². The summed E-state index contributed by atoms with van der Waals surface area (Å²) in [6, 6.07) is 10.3. The van der Waals surface area contributed by atoms with E-state index in [2.05, 4.69) is 28.1 Å². The monoisotopic (exact) mass is 366 g/mol. The number of benzene rings is 1. The molecule has 0 radical (unpaired) electrons. The first kappa shape index (κ1) is 17.8. The molecule has 27 heavy (non-hydrogen) atoms. The lowest BCUT2D eigenvalue weighted by Crippen LogP contribution is -2.32. The number of hydrogen-bond donors (Lipinski definition) is 0. The van der Waals surface area contributed by atoms with Crippen molar-refractivity contribution in [2.24, 2.45) is 7.05 Å². The van der Waals surface area contributed by atoms with Gasteiger partial charge >= 0.3 is 0 Å². The van der Waals surface area contributed by atoms with Crippen LogP contribution in [0.4, 0.5) is 0 Å². The van der Waals surface area contributed by atoms with Gasteiger partial charge in [-0.1, -0.05) is 6.07 Å². The zero-order chi connectivity index (χ0) is 18.8. The smallest absolute Gasteiger partial charge is 0.161 e. The number of rotatable bonds is 5. The van der Waals surface area contributed by atoms with Crippen LogP contribution in [0, 0.1) is 0 Å². The Bertz CT molecular complexity index is 929. The molecule has 0 saturated carbocycles. The van der Waals surface area contributed by atoms with Crippen molar-refractivity contribution in [2.75, 3.05) is 27.3 Å². The molecule has 0 atom stereocenters. The van der Waals surface area contributed by atoms with Gasteiger partial charge in [0.05, 0.1) is 19.9 Å². The Morgan fingerprint density at radius 3 is 2.59 bits per heavy atom. The van der Waals surface area contributed by atoms with Crippen molar-refractivity contribution in [1.29, 1.82) is 0 Å². The molecule has 1 saturated heterocycles. The Hall–Kier alpha value is -2.60. The molecule has 1 aromatic carbocycles. The number of likely N-dealkylation sites (tertiary alicyclic amines) is 1. The summed E-state index contributed by atoms with van der Waals surface area (Å²) in [6.45, 7) is 3.06. The van der Waals surface area contributed by atoms with Crippen molar-refractivity contribution in [1.82, 2.24) is 19.7 Å². The van der Waals surface area contributed by atoms with Gasteiger partial charge in [-0.2, -0.15) is 5.10 Å². The first-order valence-electron chi connectivity index (χ1n) is 9.40. The lowest BCUT2D eigenvalue weighted by molar-refractivity contribution is 0.203. The Labute approximate surface area is 159 Å². The number of nitrogens with zero attached hydrogens (tertiary/aromatic N) is 4. The molecule has 1 aliphatic heterocycles. The molecule has 3 heterocycles. The van der Waals surface area contributed by atoms with Crippen molar-refractivity contribution in [2.45, 2.75) is 25.3 Å². The minimum Gasteiger partial charge on any atom is -0.493 e. The standard InChI is InChI=1S/C21H26N4O2/c1-24-21-17(5-4-10-22-21)20(23-24)16-8-11-25(12-9-16)14-15-6-7-18(26-2)19(13-15)27-3/h4-7,10,13,16H,8-9,11-12,14H2,1-3H3.